The molecule has 3 heterocycles. The van der Waals surface area contributed by atoms with Gasteiger partial charge in [0.1, 0.15) is 5.52 Å². The van der Waals surface area contributed by atoms with E-state index in [-0.39, 0.29) is 5.65 Å². The van der Waals surface area contributed by atoms with Crippen LogP contribution in [0.5, 0.6) is 0 Å². The Morgan fingerprint density at radius 3 is 2.89 bits per heavy atom. The Morgan fingerprint density at radius 2 is 2.11 bits per heavy atom. The summed E-state index contributed by atoms with van der Waals surface area (Å²) in [7, 11) is 0. The summed E-state index contributed by atoms with van der Waals surface area (Å²) in [6, 6.07) is 2.03. The molecular weight excluding hydrogens is 252 g/mol. The molecule has 18 heavy (non-hydrogen) atoms. The molecule has 0 unspecified atom stereocenters. The first-order valence-corrected chi connectivity index (χ1v) is 6.36. The van der Waals surface area contributed by atoms with E-state index in [1.165, 1.54) is 0 Å². The number of thiophene rings is 1. The van der Waals surface area contributed by atoms with Crippen LogP contribution in [0.1, 0.15) is 12.5 Å². The lowest BCUT2D eigenvalue weighted by Crippen LogP contribution is -2.21. The van der Waals surface area contributed by atoms with Crippen molar-refractivity contribution >= 4 is 22.5 Å². The van der Waals surface area contributed by atoms with Gasteiger partial charge in [-0.3, -0.25) is 14.8 Å². The van der Waals surface area contributed by atoms with Crippen molar-refractivity contribution in [3.63, 3.8) is 0 Å². The SMILES string of the molecule is CCc1ccsc1-c1nc2[nH]c(=O)[nH]c(=O)c2[nH]1. The van der Waals surface area contributed by atoms with Gasteiger partial charge < -0.3 is 4.98 Å². The maximum atomic E-state index is 11.6. The summed E-state index contributed by atoms with van der Waals surface area (Å²) in [6.45, 7) is 2.06. The predicted octanol–water partition coefficient (Wildman–Crippen LogP) is 1.23. The van der Waals surface area contributed by atoms with E-state index in [4.69, 9.17) is 0 Å². The van der Waals surface area contributed by atoms with Crippen LogP contribution in [0, 0.1) is 0 Å². The first-order valence-electron chi connectivity index (χ1n) is 5.48. The molecule has 0 fully saturated rings. The molecule has 3 aromatic heterocycles. The number of rotatable bonds is 2. The number of aromatic amines is 3. The van der Waals surface area contributed by atoms with Gasteiger partial charge in [0.25, 0.3) is 5.56 Å². The highest BCUT2D eigenvalue weighted by Crippen LogP contribution is 2.28. The highest BCUT2D eigenvalue weighted by molar-refractivity contribution is 7.13. The third kappa shape index (κ3) is 1.60. The van der Waals surface area contributed by atoms with E-state index in [9.17, 15) is 9.59 Å². The molecule has 0 bridgehead atoms. The average molecular weight is 262 g/mol. The molecule has 0 aliphatic heterocycles. The van der Waals surface area contributed by atoms with Crippen molar-refractivity contribution in [1.82, 2.24) is 19.9 Å². The number of aryl methyl sites for hydroxylation is 1. The van der Waals surface area contributed by atoms with E-state index in [0.29, 0.717) is 11.3 Å². The van der Waals surface area contributed by atoms with Crippen LogP contribution in [-0.4, -0.2) is 19.9 Å². The van der Waals surface area contributed by atoms with E-state index in [0.717, 1.165) is 16.9 Å². The molecule has 3 N–H and O–H groups in total. The Bertz CT molecular complexity index is 823. The first kappa shape index (κ1) is 11.0. The summed E-state index contributed by atoms with van der Waals surface area (Å²) in [5.41, 5.74) is 0.738. The monoisotopic (exact) mass is 262 g/mol. The minimum Gasteiger partial charge on any atom is -0.331 e. The molecule has 0 aromatic carbocycles. The van der Waals surface area contributed by atoms with Crippen LogP contribution in [0.15, 0.2) is 21.0 Å². The van der Waals surface area contributed by atoms with Gasteiger partial charge in [0, 0.05) is 0 Å². The summed E-state index contributed by atoms with van der Waals surface area (Å²) in [4.78, 5) is 35.6. The molecule has 0 atom stereocenters. The maximum absolute atomic E-state index is 11.6. The van der Waals surface area contributed by atoms with Gasteiger partial charge in [-0.2, -0.15) is 0 Å². The topological polar surface area (TPSA) is 94.4 Å². The summed E-state index contributed by atoms with van der Waals surface area (Å²) in [5, 5.41) is 1.98. The number of hydrogen-bond acceptors (Lipinski definition) is 4. The highest BCUT2D eigenvalue weighted by atomic mass is 32.1. The largest absolute Gasteiger partial charge is 0.331 e. The molecule has 6 nitrogen and oxygen atoms in total. The molecule has 3 rings (SSSR count). The van der Waals surface area contributed by atoms with Gasteiger partial charge in [0.15, 0.2) is 11.5 Å². The van der Waals surface area contributed by atoms with E-state index < -0.39 is 11.2 Å². The van der Waals surface area contributed by atoms with Crippen LogP contribution in [0.3, 0.4) is 0 Å². The van der Waals surface area contributed by atoms with Crippen LogP contribution in [0.2, 0.25) is 0 Å². The molecule has 0 aliphatic rings. The number of nitrogens with one attached hydrogen (secondary N) is 3. The van der Waals surface area contributed by atoms with Crippen molar-refractivity contribution in [2.45, 2.75) is 13.3 Å². The van der Waals surface area contributed by atoms with Crippen LogP contribution >= 0.6 is 11.3 Å². The number of hydrogen-bond donors (Lipinski definition) is 3. The Labute approximate surface area is 105 Å². The predicted molar refractivity (Wildman–Crippen MR) is 70.0 cm³/mol. The van der Waals surface area contributed by atoms with E-state index in [2.05, 4.69) is 26.9 Å². The normalized spacial score (nSPS) is 11.2. The molecule has 0 saturated carbocycles. The Kier molecular flexibility index (Phi) is 2.41. The summed E-state index contributed by atoms with van der Waals surface area (Å²) in [5.74, 6) is 0.615. The van der Waals surface area contributed by atoms with Crippen LogP contribution in [0.25, 0.3) is 21.9 Å². The molecule has 0 saturated heterocycles. The van der Waals surface area contributed by atoms with Crippen molar-refractivity contribution in [2.75, 3.05) is 0 Å². The molecule has 0 radical (unpaired) electrons. The molecule has 92 valence electrons. The van der Waals surface area contributed by atoms with Gasteiger partial charge in [0.05, 0.1) is 4.88 Å². The van der Waals surface area contributed by atoms with E-state index >= 15 is 0 Å². The van der Waals surface area contributed by atoms with Gasteiger partial charge in [-0.25, -0.2) is 9.78 Å². The number of imidazole rings is 1. The second-order valence-electron chi connectivity index (χ2n) is 3.85. The smallest absolute Gasteiger partial charge is 0.327 e. The lowest BCUT2D eigenvalue weighted by molar-refractivity contribution is 1.07. The minimum absolute atomic E-state index is 0.286. The average Bonchev–Trinajstić information content (AvgIpc) is 2.92. The molecule has 3 aromatic rings. The Morgan fingerprint density at radius 1 is 1.28 bits per heavy atom. The molecular formula is C11H10N4O2S. The quantitative estimate of drug-likeness (QED) is 0.648. The van der Waals surface area contributed by atoms with Crippen molar-refractivity contribution < 1.29 is 0 Å². The second-order valence-corrected chi connectivity index (χ2v) is 4.76. The third-order valence-corrected chi connectivity index (χ3v) is 3.70. The standard InChI is InChI=1S/C11H10N4O2S/c1-2-5-3-4-18-7(5)9-12-6-8(13-9)14-11(17)15-10(6)16/h3-4H,2H2,1H3,(H3,12,13,14,15,16,17). The van der Waals surface area contributed by atoms with Gasteiger partial charge in [-0.1, -0.05) is 6.92 Å². The Balaban J connectivity index is 2.29. The van der Waals surface area contributed by atoms with Gasteiger partial charge in [-0.05, 0) is 23.4 Å². The number of fused-ring (bicyclic) bond motifs is 1. The summed E-state index contributed by atoms with van der Waals surface area (Å²) >= 11 is 1.55. The lowest BCUT2D eigenvalue weighted by atomic mass is 10.2. The number of nitrogens with zero attached hydrogens (tertiary/aromatic N) is 1. The fraction of sp³-hybridized carbons (Fsp3) is 0.182. The van der Waals surface area contributed by atoms with Gasteiger partial charge in [-0.15, -0.1) is 11.3 Å². The fourth-order valence-electron chi connectivity index (χ4n) is 1.86. The zero-order valence-electron chi connectivity index (χ0n) is 9.53. The highest BCUT2D eigenvalue weighted by Gasteiger charge is 2.12. The van der Waals surface area contributed by atoms with Gasteiger partial charge >= 0.3 is 5.69 Å². The minimum atomic E-state index is -0.549. The Hall–Kier alpha value is -2.15. The van der Waals surface area contributed by atoms with Crippen LogP contribution in [0.4, 0.5) is 0 Å². The fourth-order valence-corrected chi connectivity index (χ4v) is 2.80. The van der Waals surface area contributed by atoms with Crippen molar-refractivity contribution in [3.8, 4) is 10.7 Å². The van der Waals surface area contributed by atoms with Crippen LogP contribution in [-0.2, 0) is 6.42 Å². The van der Waals surface area contributed by atoms with E-state index in [1.807, 2.05) is 11.4 Å². The second kappa shape index (κ2) is 3.95. The molecule has 0 spiro atoms. The van der Waals surface area contributed by atoms with Crippen molar-refractivity contribution in [1.29, 1.82) is 0 Å². The summed E-state index contributed by atoms with van der Waals surface area (Å²) < 4.78 is 0. The number of H-pyrrole nitrogens is 3. The molecule has 0 aliphatic carbocycles. The first-order chi connectivity index (χ1) is 8.69. The maximum Gasteiger partial charge on any atom is 0.327 e. The molecule has 7 heteroatoms. The van der Waals surface area contributed by atoms with Crippen molar-refractivity contribution in [3.05, 3.63) is 37.8 Å². The zero-order chi connectivity index (χ0) is 12.7. The van der Waals surface area contributed by atoms with Crippen molar-refractivity contribution in [2.24, 2.45) is 0 Å². The zero-order valence-corrected chi connectivity index (χ0v) is 10.4. The molecule has 0 amide bonds. The number of aromatic nitrogens is 4. The lowest BCUT2D eigenvalue weighted by Gasteiger charge is -1.95. The van der Waals surface area contributed by atoms with E-state index in [1.54, 1.807) is 11.3 Å². The van der Waals surface area contributed by atoms with Gasteiger partial charge in [0.2, 0.25) is 0 Å². The van der Waals surface area contributed by atoms with Crippen LogP contribution < -0.4 is 11.2 Å². The third-order valence-electron chi connectivity index (χ3n) is 2.73. The summed E-state index contributed by atoms with van der Waals surface area (Å²) in [6.07, 6.45) is 0.892.